The van der Waals surface area contributed by atoms with Crippen LogP contribution in [0.5, 0.6) is 0 Å². The van der Waals surface area contributed by atoms with Gasteiger partial charge in [-0.3, -0.25) is 4.79 Å². The molecule has 0 radical (unpaired) electrons. The molecule has 0 fully saturated rings. The molecule has 0 saturated heterocycles. The summed E-state index contributed by atoms with van der Waals surface area (Å²) in [5, 5.41) is 14.6. The predicted octanol–water partition coefficient (Wildman–Crippen LogP) is 1.37. The average Bonchev–Trinajstić information content (AvgIpc) is 2.37. The molecule has 0 heterocycles. The van der Waals surface area contributed by atoms with Crippen molar-refractivity contribution in [2.75, 3.05) is 11.9 Å². The molecule has 1 aromatic rings. The summed E-state index contributed by atoms with van der Waals surface area (Å²) >= 11 is 0. The topological polar surface area (TPSA) is 104 Å². The third-order valence-electron chi connectivity index (χ3n) is 3.01. The summed E-state index contributed by atoms with van der Waals surface area (Å²) in [5.74, 6) is -0.473. The van der Waals surface area contributed by atoms with Crippen LogP contribution in [-0.2, 0) is 4.79 Å². The quantitative estimate of drug-likeness (QED) is 0.654. The highest BCUT2D eigenvalue weighted by Crippen LogP contribution is 2.16. The van der Waals surface area contributed by atoms with Crippen LogP contribution in [-0.4, -0.2) is 23.6 Å². The summed E-state index contributed by atoms with van der Waals surface area (Å²) in [5.41, 5.74) is 5.79. The number of carbonyl (C=O) groups is 2. The van der Waals surface area contributed by atoms with E-state index in [1.807, 2.05) is 0 Å². The van der Waals surface area contributed by atoms with Crippen LogP contribution >= 0.6 is 0 Å². The van der Waals surface area contributed by atoms with Crippen molar-refractivity contribution in [2.45, 2.75) is 26.9 Å². The molecule has 0 saturated carbocycles. The van der Waals surface area contributed by atoms with Gasteiger partial charge in [0.25, 0.3) is 0 Å². The molecule has 1 atom stereocenters. The van der Waals surface area contributed by atoms with Gasteiger partial charge in [0.1, 0.15) is 0 Å². The Morgan fingerprint density at radius 2 is 1.85 bits per heavy atom. The molecule has 5 N–H and O–H groups in total. The molecule has 0 aliphatic heterocycles. The molecule has 1 rings (SSSR count). The van der Waals surface area contributed by atoms with Gasteiger partial charge in [0.15, 0.2) is 0 Å². The van der Waals surface area contributed by atoms with Gasteiger partial charge in [-0.05, 0) is 38.5 Å². The molecule has 0 spiro atoms. The van der Waals surface area contributed by atoms with E-state index in [1.54, 1.807) is 45.0 Å². The summed E-state index contributed by atoms with van der Waals surface area (Å²) in [6, 6.07) is 6.44. The van der Waals surface area contributed by atoms with E-state index >= 15 is 0 Å². The molecule has 0 aromatic heterocycles. The van der Waals surface area contributed by atoms with Crippen molar-refractivity contribution >= 4 is 17.6 Å². The standard InChI is InChI=1S/C14H21N3O3/c1-9(18)10-4-6-11(7-5-10)17-13(20)16-8-14(2,3)12(15)19/h4-7,9,18H,8H2,1-3H3,(H2,15,19)(H2,16,17,20). The summed E-state index contributed by atoms with van der Waals surface area (Å²) in [7, 11) is 0. The van der Waals surface area contributed by atoms with Crippen LogP contribution < -0.4 is 16.4 Å². The lowest BCUT2D eigenvalue weighted by atomic mass is 9.93. The van der Waals surface area contributed by atoms with Gasteiger partial charge in [-0.2, -0.15) is 0 Å². The summed E-state index contributed by atoms with van der Waals surface area (Å²) in [6.45, 7) is 5.14. The minimum absolute atomic E-state index is 0.153. The van der Waals surface area contributed by atoms with Crippen LogP contribution in [0.1, 0.15) is 32.4 Å². The number of urea groups is 1. The zero-order chi connectivity index (χ0) is 15.3. The zero-order valence-corrected chi connectivity index (χ0v) is 11.9. The van der Waals surface area contributed by atoms with E-state index in [4.69, 9.17) is 5.73 Å². The maximum atomic E-state index is 11.7. The number of nitrogens with one attached hydrogen (secondary N) is 2. The number of amides is 3. The second-order valence-corrected chi connectivity index (χ2v) is 5.35. The van der Waals surface area contributed by atoms with Crippen molar-refractivity contribution in [1.29, 1.82) is 0 Å². The van der Waals surface area contributed by atoms with Crippen LogP contribution in [0, 0.1) is 5.41 Å². The van der Waals surface area contributed by atoms with Crippen LogP contribution in [0.2, 0.25) is 0 Å². The third kappa shape index (κ3) is 4.55. The van der Waals surface area contributed by atoms with Crippen LogP contribution in [0.3, 0.4) is 0 Å². The molecule has 0 bridgehead atoms. The van der Waals surface area contributed by atoms with E-state index in [-0.39, 0.29) is 6.54 Å². The minimum atomic E-state index is -0.798. The van der Waals surface area contributed by atoms with E-state index in [1.165, 1.54) is 0 Å². The second kappa shape index (κ2) is 6.38. The van der Waals surface area contributed by atoms with Crippen molar-refractivity contribution in [3.8, 4) is 0 Å². The number of anilines is 1. The number of aliphatic hydroxyl groups excluding tert-OH is 1. The molecule has 6 nitrogen and oxygen atoms in total. The minimum Gasteiger partial charge on any atom is -0.389 e. The number of hydrogen-bond donors (Lipinski definition) is 4. The molecule has 0 aliphatic rings. The van der Waals surface area contributed by atoms with Gasteiger partial charge in [0, 0.05) is 12.2 Å². The molecule has 20 heavy (non-hydrogen) atoms. The largest absolute Gasteiger partial charge is 0.389 e. The van der Waals surface area contributed by atoms with E-state index in [9.17, 15) is 14.7 Å². The molecule has 1 unspecified atom stereocenters. The highest BCUT2D eigenvalue weighted by atomic mass is 16.3. The molecular weight excluding hydrogens is 258 g/mol. The third-order valence-corrected chi connectivity index (χ3v) is 3.01. The fourth-order valence-electron chi connectivity index (χ4n) is 1.41. The Labute approximate surface area is 118 Å². The van der Waals surface area contributed by atoms with Gasteiger partial charge in [0.05, 0.1) is 11.5 Å². The first kappa shape index (κ1) is 16.0. The normalized spacial score (nSPS) is 12.6. The van der Waals surface area contributed by atoms with Gasteiger partial charge in [-0.1, -0.05) is 12.1 Å². The number of aliphatic hydroxyl groups is 1. The number of hydrogen-bond acceptors (Lipinski definition) is 3. The maximum Gasteiger partial charge on any atom is 0.319 e. The van der Waals surface area contributed by atoms with Crippen molar-refractivity contribution in [1.82, 2.24) is 5.32 Å². The maximum absolute atomic E-state index is 11.7. The molecule has 3 amide bonds. The second-order valence-electron chi connectivity index (χ2n) is 5.35. The predicted molar refractivity (Wildman–Crippen MR) is 77.1 cm³/mol. The van der Waals surface area contributed by atoms with E-state index in [0.29, 0.717) is 5.69 Å². The fraction of sp³-hybridized carbons (Fsp3) is 0.429. The summed E-state index contributed by atoms with van der Waals surface area (Å²) in [6.07, 6.45) is -0.547. The first-order chi connectivity index (χ1) is 9.22. The number of benzene rings is 1. The molecule has 0 aliphatic carbocycles. The average molecular weight is 279 g/mol. The zero-order valence-electron chi connectivity index (χ0n) is 11.9. The van der Waals surface area contributed by atoms with E-state index in [2.05, 4.69) is 10.6 Å². The Hall–Kier alpha value is -2.08. The molecule has 1 aromatic carbocycles. The van der Waals surface area contributed by atoms with Gasteiger partial charge in [-0.25, -0.2) is 4.79 Å². The van der Waals surface area contributed by atoms with E-state index in [0.717, 1.165) is 5.56 Å². The Morgan fingerprint density at radius 1 is 1.30 bits per heavy atom. The van der Waals surface area contributed by atoms with E-state index < -0.39 is 23.5 Å². The molecule has 6 heteroatoms. The van der Waals surface area contributed by atoms with Crippen molar-refractivity contribution in [2.24, 2.45) is 11.1 Å². The van der Waals surface area contributed by atoms with Gasteiger partial charge in [0.2, 0.25) is 5.91 Å². The summed E-state index contributed by atoms with van der Waals surface area (Å²) in [4.78, 5) is 22.8. The van der Waals surface area contributed by atoms with Gasteiger partial charge < -0.3 is 21.5 Å². The lowest BCUT2D eigenvalue weighted by Crippen LogP contribution is -2.43. The first-order valence-electron chi connectivity index (χ1n) is 6.35. The summed E-state index contributed by atoms with van der Waals surface area (Å²) < 4.78 is 0. The monoisotopic (exact) mass is 279 g/mol. The SMILES string of the molecule is CC(O)c1ccc(NC(=O)NCC(C)(C)C(N)=O)cc1. The Morgan fingerprint density at radius 3 is 2.30 bits per heavy atom. The molecule has 110 valence electrons. The molecular formula is C14H21N3O3. The first-order valence-corrected chi connectivity index (χ1v) is 6.35. The van der Waals surface area contributed by atoms with Crippen LogP contribution in [0.15, 0.2) is 24.3 Å². The highest BCUT2D eigenvalue weighted by Gasteiger charge is 2.25. The van der Waals surface area contributed by atoms with Crippen molar-refractivity contribution in [3.63, 3.8) is 0 Å². The number of primary amides is 1. The van der Waals surface area contributed by atoms with Crippen LogP contribution in [0.25, 0.3) is 0 Å². The lowest BCUT2D eigenvalue weighted by Gasteiger charge is -2.20. The number of rotatable bonds is 5. The number of nitrogens with two attached hydrogens (primary N) is 1. The van der Waals surface area contributed by atoms with Gasteiger partial charge >= 0.3 is 6.03 Å². The van der Waals surface area contributed by atoms with Crippen molar-refractivity contribution < 1.29 is 14.7 Å². The van der Waals surface area contributed by atoms with Crippen LogP contribution in [0.4, 0.5) is 10.5 Å². The lowest BCUT2D eigenvalue weighted by molar-refractivity contribution is -0.125. The smallest absolute Gasteiger partial charge is 0.319 e. The van der Waals surface area contributed by atoms with Gasteiger partial charge in [-0.15, -0.1) is 0 Å². The Kier molecular flexibility index (Phi) is 5.10. The van der Waals surface area contributed by atoms with Crippen molar-refractivity contribution in [3.05, 3.63) is 29.8 Å². The Bertz CT molecular complexity index is 481. The Balaban J connectivity index is 2.52. The highest BCUT2D eigenvalue weighted by molar-refractivity contribution is 5.90. The fourth-order valence-corrected chi connectivity index (χ4v) is 1.41. The number of carbonyl (C=O) groups excluding carboxylic acids is 2.